The highest BCUT2D eigenvalue weighted by Crippen LogP contribution is 2.40. The van der Waals surface area contributed by atoms with Gasteiger partial charge < -0.3 is 4.90 Å². The molecule has 11 heteroatoms. The van der Waals surface area contributed by atoms with E-state index in [0.717, 1.165) is 37.3 Å². The Morgan fingerprint density at radius 1 is 1.12 bits per heavy atom. The maximum absolute atomic E-state index is 13.2. The molecule has 1 atom stereocenters. The summed E-state index contributed by atoms with van der Waals surface area (Å²) in [5.41, 5.74) is 0.377. The summed E-state index contributed by atoms with van der Waals surface area (Å²) in [5, 5.41) is 2.74. The van der Waals surface area contributed by atoms with Crippen LogP contribution in [0.4, 0.5) is 35.3 Å². The molecule has 164 valence electrons. The second-order valence-corrected chi connectivity index (χ2v) is 7.60. The van der Waals surface area contributed by atoms with Gasteiger partial charge in [-0.3, -0.25) is 20.2 Å². The highest BCUT2D eigenvalue weighted by Gasteiger charge is 2.38. The van der Waals surface area contributed by atoms with E-state index in [2.05, 4.69) is 30.2 Å². The summed E-state index contributed by atoms with van der Waals surface area (Å²) in [5.74, 6) is 0.711. The van der Waals surface area contributed by atoms with E-state index in [0.29, 0.717) is 23.9 Å². The van der Waals surface area contributed by atoms with Gasteiger partial charge in [-0.2, -0.15) is 13.2 Å². The average molecular weight is 441 g/mol. The van der Waals surface area contributed by atoms with Crippen molar-refractivity contribution in [2.45, 2.75) is 25.1 Å². The van der Waals surface area contributed by atoms with Crippen LogP contribution in [0.2, 0.25) is 0 Å². The van der Waals surface area contributed by atoms with Gasteiger partial charge in [-0.05, 0) is 37.1 Å². The zero-order valence-corrected chi connectivity index (χ0v) is 16.8. The van der Waals surface area contributed by atoms with Crippen LogP contribution < -0.4 is 15.1 Å². The number of rotatable bonds is 2. The Morgan fingerprint density at radius 2 is 2.00 bits per heavy atom. The van der Waals surface area contributed by atoms with Gasteiger partial charge in [0.05, 0.1) is 23.6 Å². The van der Waals surface area contributed by atoms with E-state index >= 15 is 0 Å². The highest BCUT2D eigenvalue weighted by atomic mass is 19.4. The predicted octanol–water partition coefficient (Wildman–Crippen LogP) is 3.97. The number of fused-ring (bicyclic) bond motifs is 4. The monoisotopic (exact) mass is 441 g/mol. The smallest absolute Gasteiger partial charge is 0.366 e. The number of alkyl halides is 3. The van der Waals surface area contributed by atoms with Crippen LogP contribution in [0.3, 0.4) is 0 Å². The molecule has 0 spiro atoms. The lowest BCUT2D eigenvalue weighted by Crippen LogP contribution is -2.56. The number of hydrogen-bond donors (Lipinski definition) is 1. The second kappa shape index (κ2) is 7.74. The molecule has 32 heavy (non-hydrogen) atoms. The molecule has 2 aliphatic rings. The first-order valence-corrected chi connectivity index (χ1v) is 10.1. The minimum Gasteiger partial charge on any atom is -0.366 e. The summed E-state index contributed by atoms with van der Waals surface area (Å²) in [7, 11) is 0. The number of halogens is 3. The Bertz CT molecular complexity index is 1160. The van der Waals surface area contributed by atoms with Gasteiger partial charge in [0.15, 0.2) is 11.6 Å². The number of urea groups is 1. The Labute approximate surface area is 181 Å². The van der Waals surface area contributed by atoms with Crippen molar-refractivity contribution < 1.29 is 18.0 Å². The maximum Gasteiger partial charge on any atom is 0.433 e. The number of carbonyl (C=O) groups is 1. The number of aromatic nitrogens is 4. The van der Waals surface area contributed by atoms with Crippen LogP contribution >= 0.6 is 0 Å². The van der Waals surface area contributed by atoms with Crippen molar-refractivity contribution in [1.82, 2.24) is 19.9 Å². The number of anilines is 3. The molecule has 3 aromatic heterocycles. The fourth-order valence-electron chi connectivity index (χ4n) is 4.12. The summed E-state index contributed by atoms with van der Waals surface area (Å²) in [4.78, 5) is 33.0. The number of amides is 2. The van der Waals surface area contributed by atoms with Crippen molar-refractivity contribution in [2.24, 2.45) is 0 Å². The summed E-state index contributed by atoms with van der Waals surface area (Å²) >= 11 is 0. The molecule has 1 unspecified atom stereocenters. The molecule has 5 rings (SSSR count). The van der Waals surface area contributed by atoms with Gasteiger partial charge in [-0.15, -0.1) is 0 Å². The minimum atomic E-state index is -4.56. The molecular weight excluding hydrogens is 423 g/mol. The fourth-order valence-corrected chi connectivity index (χ4v) is 4.12. The minimum absolute atomic E-state index is 0.112. The average Bonchev–Trinajstić information content (AvgIpc) is 2.79. The van der Waals surface area contributed by atoms with Crippen molar-refractivity contribution in [3.05, 3.63) is 54.7 Å². The van der Waals surface area contributed by atoms with Crippen molar-refractivity contribution in [3.8, 4) is 11.3 Å². The highest BCUT2D eigenvalue weighted by molar-refractivity contribution is 6.04. The molecule has 5 heterocycles. The van der Waals surface area contributed by atoms with Crippen LogP contribution in [0.25, 0.3) is 11.3 Å². The first-order chi connectivity index (χ1) is 15.4. The number of nitrogens with zero attached hydrogens (tertiary/aromatic N) is 6. The van der Waals surface area contributed by atoms with Gasteiger partial charge in [-0.25, -0.2) is 14.8 Å². The molecule has 1 fully saturated rings. The molecule has 1 saturated heterocycles. The fraction of sp³-hybridized carbons (Fsp3) is 0.286. The summed E-state index contributed by atoms with van der Waals surface area (Å²) in [6.07, 6.45) is 2.67. The van der Waals surface area contributed by atoms with E-state index in [1.807, 2.05) is 0 Å². The van der Waals surface area contributed by atoms with Crippen LogP contribution in [-0.2, 0) is 6.18 Å². The molecule has 3 aromatic rings. The third-order valence-corrected chi connectivity index (χ3v) is 5.55. The number of pyridine rings is 2. The molecule has 8 nitrogen and oxygen atoms in total. The van der Waals surface area contributed by atoms with Crippen molar-refractivity contribution in [2.75, 3.05) is 28.2 Å². The van der Waals surface area contributed by atoms with E-state index in [-0.39, 0.29) is 11.6 Å². The van der Waals surface area contributed by atoms with E-state index < -0.39 is 17.9 Å². The standard InChI is InChI=1S/C21H18F3N7O/c22-21(23,24)17-10-13(5-6-26-17)15-3-4-16-19(28-15)31(14-2-1-9-30(16)12-14)20(32)29-18-11-25-7-8-27-18/h3-8,10-11,14H,1-2,9,12H2,(H,27,29,32). The van der Waals surface area contributed by atoms with E-state index in [1.165, 1.54) is 24.7 Å². The normalized spacial score (nSPS) is 17.7. The summed E-state index contributed by atoms with van der Waals surface area (Å²) in [6.45, 7) is 1.49. The molecular formula is C21H18F3N7O. The number of carbonyl (C=O) groups excluding carboxylic acids is 1. The molecule has 2 amide bonds. The van der Waals surface area contributed by atoms with E-state index in [1.54, 1.807) is 17.0 Å². The Hall–Kier alpha value is -3.76. The second-order valence-electron chi connectivity index (χ2n) is 7.60. The van der Waals surface area contributed by atoms with Gasteiger partial charge in [0.2, 0.25) is 0 Å². The van der Waals surface area contributed by atoms with Crippen LogP contribution in [0, 0.1) is 0 Å². The first kappa shape index (κ1) is 20.2. The number of nitrogens with one attached hydrogen (secondary N) is 1. The van der Waals surface area contributed by atoms with E-state index in [4.69, 9.17) is 0 Å². The molecule has 0 aromatic carbocycles. The van der Waals surface area contributed by atoms with Crippen LogP contribution in [0.5, 0.6) is 0 Å². The maximum atomic E-state index is 13.2. The SMILES string of the molecule is O=C(Nc1cnccn1)N1c2nc(-c3ccnc(C(F)(F)F)c3)ccc2N2CCCC1C2. The predicted molar refractivity (Wildman–Crippen MR) is 111 cm³/mol. The molecule has 0 aliphatic carbocycles. The van der Waals surface area contributed by atoms with Gasteiger partial charge >= 0.3 is 12.2 Å². The first-order valence-electron chi connectivity index (χ1n) is 10.1. The molecule has 0 saturated carbocycles. The molecule has 1 N–H and O–H groups in total. The van der Waals surface area contributed by atoms with Crippen LogP contribution in [-0.4, -0.2) is 45.1 Å². The van der Waals surface area contributed by atoms with Gasteiger partial charge in [-0.1, -0.05) is 0 Å². The topological polar surface area (TPSA) is 87.1 Å². The van der Waals surface area contributed by atoms with Gasteiger partial charge in [0, 0.05) is 37.2 Å². The van der Waals surface area contributed by atoms with Crippen LogP contribution in [0.1, 0.15) is 18.5 Å². The molecule has 2 bridgehead atoms. The quantitative estimate of drug-likeness (QED) is 0.648. The lowest BCUT2D eigenvalue weighted by molar-refractivity contribution is -0.141. The zero-order valence-electron chi connectivity index (χ0n) is 16.8. The Kier molecular flexibility index (Phi) is 4.87. The van der Waals surface area contributed by atoms with Crippen molar-refractivity contribution >= 4 is 23.4 Å². The summed E-state index contributed by atoms with van der Waals surface area (Å²) < 4.78 is 39.4. The van der Waals surface area contributed by atoms with Gasteiger partial charge in [0.25, 0.3) is 0 Å². The Balaban J connectivity index is 1.55. The van der Waals surface area contributed by atoms with E-state index in [9.17, 15) is 18.0 Å². The van der Waals surface area contributed by atoms with Crippen molar-refractivity contribution in [1.29, 1.82) is 0 Å². The lowest BCUT2D eigenvalue weighted by atomic mass is 9.99. The molecule has 0 radical (unpaired) electrons. The zero-order chi connectivity index (χ0) is 22.3. The lowest BCUT2D eigenvalue weighted by Gasteiger charge is -2.45. The summed E-state index contributed by atoms with van der Waals surface area (Å²) in [6, 6.07) is 5.38. The Morgan fingerprint density at radius 3 is 2.78 bits per heavy atom. The third-order valence-electron chi connectivity index (χ3n) is 5.55. The number of piperidine rings is 1. The largest absolute Gasteiger partial charge is 0.433 e. The third kappa shape index (κ3) is 3.70. The van der Waals surface area contributed by atoms with Crippen LogP contribution in [0.15, 0.2) is 49.1 Å². The molecule has 2 aliphatic heterocycles. The van der Waals surface area contributed by atoms with Gasteiger partial charge in [0.1, 0.15) is 5.69 Å². The van der Waals surface area contributed by atoms with Crippen molar-refractivity contribution in [3.63, 3.8) is 0 Å². The number of hydrogen-bond acceptors (Lipinski definition) is 6.